The first-order valence-electron chi connectivity index (χ1n) is 14.2. The van der Waals surface area contributed by atoms with E-state index in [9.17, 15) is 22.8 Å². The van der Waals surface area contributed by atoms with Crippen LogP contribution in [0.15, 0.2) is 66.7 Å². The number of imidazole rings is 1. The second-order valence-corrected chi connectivity index (χ2v) is 14.5. The molecule has 5 aromatic rings. The molecule has 0 saturated heterocycles. The van der Waals surface area contributed by atoms with E-state index in [1.54, 1.807) is 19.7 Å². The summed E-state index contributed by atoms with van der Waals surface area (Å²) in [6.45, 7) is 5.13. The molecule has 3 aromatic carbocycles. The maximum atomic E-state index is 13.6. The summed E-state index contributed by atoms with van der Waals surface area (Å²) in [6, 6.07) is 19.6. The topological polar surface area (TPSA) is 93.0 Å². The van der Waals surface area contributed by atoms with Gasteiger partial charge in [0.15, 0.2) is 5.75 Å². The van der Waals surface area contributed by atoms with Crippen molar-refractivity contribution in [3.8, 4) is 22.7 Å². The van der Waals surface area contributed by atoms with Crippen molar-refractivity contribution in [1.82, 2.24) is 19.7 Å². The van der Waals surface area contributed by atoms with E-state index in [1.165, 1.54) is 16.8 Å². The first kappa shape index (κ1) is 29.2. The third-order valence-electron chi connectivity index (χ3n) is 8.07. The van der Waals surface area contributed by atoms with Crippen molar-refractivity contribution >= 4 is 23.5 Å². The highest BCUT2D eigenvalue weighted by Crippen LogP contribution is 2.48. The molecule has 0 bridgehead atoms. The maximum Gasteiger partial charge on any atom is 0.573 e. The number of hydrogen-bond donors (Lipinski definition) is 2. The van der Waals surface area contributed by atoms with Crippen molar-refractivity contribution < 1.29 is 27.6 Å². The molecule has 1 fully saturated rings. The molecule has 0 spiro atoms. The summed E-state index contributed by atoms with van der Waals surface area (Å²) in [5, 5.41) is 16.2. The Labute approximate surface area is 247 Å². The fraction of sp³-hybridized carbons (Fsp3) is 0.312. The number of para-hydroxylation sites is 1. The van der Waals surface area contributed by atoms with Crippen molar-refractivity contribution in [2.24, 2.45) is 0 Å². The highest BCUT2D eigenvalue weighted by molar-refractivity contribution is 7.70. The number of aromatic nitrogens is 4. The maximum absolute atomic E-state index is 13.6. The number of H-pyrrole nitrogens is 1. The third-order valence-corrected chi connectivity index (χ3v) is 10.6. The van der Waals surface area contributed by atoms with Gasteiger partial charge in [-0.25, -0.2) is 9.67 Å². The number of hydrogen-bond acceptors (Lipinski definition) is 5. The second-order valence-electron chi connectivity index (χ2n) is 11.2. The summed E-state index contributed by atoms with van der Waals surface area (Å²) in [4.78, 5) is 8.01. The quantitative estimate of drug-likeness (QED) is 0.170. The summed E-state index contributed by atoms with van der Waals surface area (Å²) in [5.41, 5.74) is 5.40. The standard InChI is InChI=1S/C32H32F3N4O3P/c1-4-43(3,41)22-15-16-25(27(18-22)42-32(33,34)35)39-19(2)28(21-13-14-21)30(38-39)23-11-8-12-24-29(23)37-31(36-24)26(40)17-20-9-6-5-7-10-20/h5-12,15-16,18,21,26,40H,4,13-14,17H2,1-3H3,(H,36,37)/t26-,43-/m0/s1. The monoisotopic (exact) mass is 608 g/mol. The molecule has 2 aromatic heterocycles. The Morgan fingerprint density at radius 2 is 1.86 bits per heavy atom. The van der Waals surface area contributed by atoms with Gasteiger partial charge in [-0.2, -0.15) is 5.10 Å². The van der Waals surface area contributed by atoms with Crippen molar-refractivity contribution in [2.75, 3.05) is 12.8 Å². The van der Waals surface area contributed by atoms with Crippen molar-refractivity contribution in [1.29, 1.82) is 0 Å². The number of aliphatic hydroxyl groups is 1. The average Bonchev–Trinajstić information content (AvgIpc) is 3.60. The fourth-order valence-corrected chi connectivity index (χ4v) is 6.65. The molecular weight excluding hydrogens is 576 g/mol. The van der Waals surface area contributed by atoms with Gasteiger partial charge in [-0.15, -0.1) is 13.2 Å². The van der Waals surface area contributed by atoms with Crippen molar-refractivity contribution in [3.05, 3.63) is 89.4 Å². The Bertz CT molecular complexity index is 1840. The minimum Gasteiger partial charge on any atom is -0.403 e. The Morgan fingerprint density at radius 1 is 1.12 bits per heavy atom. The number of benzene rings is 3. The highest BCUT2D eigenvalue weighted by Gasteiger charge is 2.36. The van der Waals surface area contributed by atoms with Gasteiger partial charge < -0.3 is 19.4 Å². The van der Waals surface area contributed by atoms with Gasteiger partial charge in [0, 0.05) is 34.7 Å². The number of nitrogens with one attached hydrogen (secondary N) is 1. The van der Waals surface area contributed by atoms with Crippen LogP contribution in [0.1, 0.15) is 54.4 Å². The van der Waals surface area contributed by atoms with Gasteiger partial charge in [-0.1, -0.05) is 49.4 Å². The van der Waals surface area contributed by atoms with Crippen LogP contribution in [-0.4, -0.2) is 44.0 Å². The molecule has 1 aliphatic rings. The molecule has 2 atom stereocenters. The smallest absolute Gasteiger partial charge is 0.403 e. The van der Waals surface area contributed by atoms with Gasteiger partial charge in [0.1, 0.15) is 24.8 Å². The molecule has 2 N–H and O–H groups in total. The van der Waals surface area contributed by atoms with Crippen LogP contribution in [0.2, 0.25) is 0 Å². The predicted molar refractivity (Wildman–Crippen MR) is 161 cm³/mol. The van der Waals surface area contributed by atoms with E-state index in [4.69, 9.17) is 10.1 Å². The van der Waals surface area contributed by atoms with Crippen LogP contribution in [0.4, 0.5) is 13.2 Å². The van der Waals surface area contributed by atoms with Gasteiger partial charge in [0.05, 0.1) is 16.7 Å². The zero-order valence-electron chi connectivity index (χ0n) is 24.0. The molecule has 6 rings (SSSR count). The summed E-state index contributed by atoms with van der Waals surface area (Å²) >= 11 is 0. The number of rotatable bonds is 9. The molecule has 7 nitrogen and oxygen atoms in total. The molecule has 0 amide bonds. The number of ether oxygens (including phenoxy) is 1. The van der Waals surface area contributed by atoms with Crippen LogP contribution in [-0.2, 0) is 11.0 Å². The lowest BCUT2D eigenvalue weighted by atomic mass is 10.0. The van der Waals surface area contributed by atoms with Crippen molar-refractivity contribution in [3.63, 3.8) is 0 Å². The molecule has 2 heterocycles. The third kappa shape index (κ3) is 5.86. The van der Waals surface area contributed by atoms with Crippen LogP contribution >= 0.6 is 7.14 Å². The van der Waals surface area contributed by atoms with Gasteiger partial charge in [0.25, 0.3) is 0 Å². The average molecular weight is 609 g/mol. The molecule has 224 valence electrons. The highest BCUT2D eigenvalue weighted by atomic mass is 31.2. The van der Waals surface area contributed by atoms with Crippen LogP contribution in [0, 0.1) is 6.92 Å². The van der Waals surface area contributed by atoms with E-state index in [1.807, 2.05) is 55.5 Å². The normalized spacial score (nSPS) is 15.9. The summed E-state index contributed by atoms with van der Waals surface area (Å²) < 4.78 is 59.7. The molecule has 0 unspecified atom stereocenters. The van der Waals surface area contributed by atoms with Crippen LogP contribution in [0.25, 0.3) is 28.0 Å². The number of alkyl halides is 3. The minimum atomic E-state index is -4.95. The largest absolute Gasteiger partial charge is 0.573 e. The lowest BCUT2D eigenvalue weighted by molar-refractivity contribution is -0.274. The van der Waals surface area contributed by atoms with E-state index in [-0.39, 0.29) is 11.6 Å². The number of aromatic amines is 1. The molecule has 1 saturated carbocycles. The summed E-state index contributed by atoms with van der Waals surface area (Å²) in [7, 11) is -2.86. The van der Waals surface area contributed by atoms with Gasteiger partial charge >= 0.3 is 6.36 Å². The lowest BCUT2D eigenvalue weighted by Gasteiger charge is -2.18. The van der Waals surface area contributed by atoms with Gasteiger partial charge in [0.2, 0.25) is 0 Å². The number of nitrogens with zero attached hydrogens (tertiary/aromatic N) is 3. The van der Waals surface area contributed by atoms with E-state index in [0.29, 0.717) is 40.6 Å². The zero-order valence-corrected chi connectivity index (χ0v) is 24.9. The number of fused-ring (bicyclic) bond motifs is 1. The van der Waals surface area contributed by atoms with Crippen LogP contribution in [0.3, 0.4) is 0 Å². The first-order chi connectivity index (χ1) is 20.4. The molecule has 1 aliphatic carbocycles. The first-order valence-corrected chi connectivity index (χ1v) is 16.6. The van der Waals surface area contributed by atoms with Crippen molar-refractivity contribution in [2.45, 2.75) is 51.5 Å². The Balaban J connectivity index is 1.47. The Hall–Kier alpha value is -3.88. The van der Waals surface area contributed by atoms with E-state index >= 15 is 0 Å². The molecule has 43 heavy (non-hydrogen) atoms. The summed E-state index contributed by atoms with van der Waals surface area (Å²) in [6.07, 6.45) is -3.22. The predicted octanol–water partition coefficient (Wildman–Crippen LogP) is 7.41. The second kappa shape index (κ2) is 11.0. The Morgan fingerprint density at radius 3 is 2.53 bits per heavy atom. The number of halogens is 3. The van der Waals surface area contributed by atoms with E-state index < -0.39 is 25.4 Å². The van der Waals surface area contributed by atoms with Crippen LogP contribution in [0.5, 0.6) is 5.75 Å². The molecular formula is C32H32F3N4O3P. The molecule has 0 radical (unpaired) electrons. The van der Waals surface area contributed by atoms with E-state index in [2.05, 4.69) is 9.72 Å². The fourth-order valence-electron chi connectivity index (χ4n) is 5.50. The minimum absolute atomic E-state index is 0.107. The van der Waals surface area contributed by atoms with Crippen LogP contribution < -0.4 is 10.0 Å². The summed E-state index contributed by atoms with van der Waals surface area (Å²) in [5.74, 6) is 0.180. The lowest BCUT2D eigenvalue weighted by Crippen LogP contribution is -2.20. The van der Waals surface area contributed by atoms with E-state index in [0.717, 1.165) is 35.0 Å². The zero-order chi connectivity index (χ0) is 30.5. The Kier molecular flexibility index (Phi) is 7.47. The molecule has 11 heteroatoms. The number of aliphatic hydroxyl groups excluding tert-OH is 1. The SMILES string of the molecule is CC[P@](C)(=O)c1ccc(-n2nc(-c3cccc4[nH]c([C@@H](O)Cc5ccccc5)nc34)c(C3CC3)c2C)c(OC(F)(F)F)c1. The molecule has 0 aliphatic heterocycles. The van der Waals surface area contributed by atoms with Gasteiger partial charge in [-0.3, -0.25) is 0 Å². The van der Waals surface area contributed by atoms with Gasteiger partial charge in [-0.05, 0) is 62.2 Å².